The third kappa shape index (κ3) is 5.91. The topological polar surface area (TPSA) is 102 Å². The summed E-state index contributed by atoms with van der Waals surface area (Å²) in [5, 5.41) is 2.87. The average molecular weight is 475 g/mol. The summed E-state index contributed by atoms with van der Waals surface area (Å²) in [6.07, 6.45) is 0.907. The van der Waals surface area contributed by atoms with Gasteiger partial charge in [-0.3, -0.25) is 4.79 Å². The summed E-state index contributed by atoms with van der Waals surface area (Å²) in [7, 11) is -2.33. The van der Waals surface area contributed by atoms with E-state index in [9.17, 15) is 18.0 Å². The standard InChI is InChI=1S/C24H30N2O6S/c1-16-13-17(2)23(18(3)14-16)33(29,30)26-11-9-19(10-12-26)24(28)25-20-5-7-21(8-6-20)32-15-22(27)31-4/h5-8,13-14,19H,9-12,15H2,1-4H3,(H,25,28). The van der Waals surface area contributed by atoms with Gasteiger partial charge in [-0.2, -0.15) is 4.31 Å². The van der Waals surface area contributed by atoms with Gasteiger partial charge in [-0.05, 0) is 69.0 Å². The van der Waals surface area contributed by atoms with Crippen LogP contribution in [0.1, 0.15) is 29.5 Å². The number of esters is 1. The predicted molar refractivity (Wildman–Crippen MR) is 125 cm³/mol. The SMILES string of the molecule is COC(=O)COc1ccc(NC(=O)C2CCN(S(=O)(=O)c3c(C)cc(C)cc3C)CC2)cc1. The molecule has 0 unspecified atom stereocenters. The van der Waals surface area contributed by atoms with Crippen molar-refractivity contribution >= 4 is 27.6 Å². The summed E-state index contributed by atoms with van der Waals surface area (Å²) in [6, 6.07) is 10.4. The maximum absolute atomic E-state index is 13.2. The van der Waals surface area contributed by atoms with Crippen LogP contribution in [0.3, 0.4) is 0 Å². The Bertz CT molecular complexity index is 1100. The van der Waals surface area contributed by atoms with Crippen molar-refractivity contribution in [1.29, 1.82) is 0 Å². The quantitative estimate of drug-likeness (QED) is 0.619. The molecule has 0 radical (unpaired) electrons. The molecule has 3 rings (SSSR count). The number of nitrogens with one attached hydrogen (secondary N) is 1. The fourth-order valence-electron chi connectivity index (χ4n) is 4.14. The number of sulfonamides is 1. The molecular formula is C24H30N2O6S. The van der Waals surface area contributed by atoms with E-state index in [-0.39, 0.29) is 18.4 Å². The number of hydrogen-bond acceptors (Lipinski definition) is 6. The molecule has 0 saturated carbocycles. The number of anilines is 1. The molecule has 33 heavy (non-hydrogen) atoms. The second kappa shape index (κ2) is 10.4. The van der Waals surface area contributed by atoms with Crippen LogP contribution in [-0.2, 0) is 24.3 Å². The maximum atomic E-state index is 13.2. The summed E-state index contributed by atoms with van der Waals surface area (Å²) in [6.45, 7) is 5.99. The molecular weight excluding hydrogens is 444 g/mol. The van der Waals surface area contributed by atoms with E-state index in [0.29, 0.717) is 42.3 Å². The van der Waals surface area contributed by atoms with Crippen LogP contribution in [0, 0.1) is 26.7 Å². The van der Waals surface area contributed by atoms with E-state index < -0.39 is 16.0 Å². The molecule has 0 aromatic heterocycles. The van der Waals surface area contributed by atoms with Gasteiger partial charge < -0.3 is 14.8 Å². The molecule has 0 spiro atoms. The van der Waals surface area contributed by atoms with E-state index in [1.54, 1.807) is 24.3 Å². The van der Waals surface area contributed by atoms with E-state index in [2.05, 4.69) is 10.1 Å². The van der Waals surface area contributed by atoms with Crippen molar-refractivity contribution in [2.75, 3.05) is 32.1 Å². The molecule has 2 aromatic rings. The number of rotatable bonds is 7. The Balaban J connectivity index is 1.57. The highest BCUT2D eigenvalue weighted by atomic mass is 32.2. The van der Waals surface area contributed by atoms with Gasteiger partial charge in [0.25, 0.3) is 0 Å². The van der Waals surface area contributed by atoms with Crippen LogP contribution in [0.15, 0.2) is 41.3 Å². The Labute approximate surface area is 194 Å². The Kier molecular flexibility index (Phi) is 7.76. The van der Waals surface area contributed by atoms with Gasteiger partial charge in [0.15, 0.2) is 6.61 Å². The zero-order valence-corrected chi connectivity index (χ0v) is 20.2. The van der Waals surface area contributed by atoms with Crippen molar-refractivity contribution in [3.05, 3.63) is 53.1 Å². The van der Waals surface area contributed by atoms with Gasteiger partial charge in [0, 0.05) is 24.7 Å². The Morgan fingerprint density at radius 2 is 1.61 bits per heavy atom. The minimum absolute atomic E-state index is 0.141. The van der Waals surface area contributed by atoms with Gasteiger partial charge >= 0.3 is 5.97 Å². The number of carbonyl (C=O) groups excluding carboxylic acids is 2. The van der Waals surface area contributed by atoms with Gasteiger partial charge in [-0.1, -0.05) is 17.7 Å². The molecule has 0 atom stereocenters. The fourth-order valence-corrected chi connectivity index (χ4v) is 6.02. The molecule has 1 saturated heterocycles. The fraction of sp³-hybridized carbons (Fsp3) is 0.417. The number of methoxy groups -OCH3 is 1. The van der Waals surface area contributed by atoms with Gasteiger partial charge in [0.05, 0.1) is 12.0 Å². The average Bonchev–Trinajstić information content (AvgIpc) is 2.77. The monoisotopic (exact) mass is 474 g/mol. The van der Waals surface area contributed by atoms with E-state index in [1.807, 2.05) is 32.9 Å². The summed E-state index contributed by atoms with van der Waals surface area (Å²) in [5.41, 5.74) is 3.12. The molecule has 1 aliphatic rings. The van der Waals surface area contributed by atoms with E-state index >= 15 is 0 Å². The number of carbonyl (C=O) groups is 2. The highest BCUT2D eigenvalue weighted by Crippen LogP contribution is 2.29. The number of aryl methyl sites for hydroxylation is 3. The van der Waals surface area contributed by atoms with E-state index in [4.69, 9.17) is 4.74 Å². The van der Waals surface area contributed by atoms with Crippen LogP contribution in [0.25, 0.3) is 0 Å². The van der Waals surface area contributed by atoms with Crippen LogP contribution in [0.2, 0.25) is 0 Å². The Morgan fingerprint density at radius 1 is 1.03 bits per heavy atom. The summed E-state index contributed by atoms with van der Waals surface area (Å²) < 4.78 is 37.8. The van der Waals surface area contributed by atoms with Crippen molar-refractivity contribution in [3.8, 4) is 5.75 Å². The minimum Gasteiger partial charge on any atom is -0.482 e. The highest BCUT2D eigenvalue weighted by Gasteiger charge is 2.33. The smallest absolute Gasteiger partial charge is 0.343 e. The molecule has 2 aromatic carbocycles. The van der Waals surface area contributed by atoms with Crippen LogP contribution >= 0.6 is 0 Å². The van der Waals surface area contributed by atoms with Gasteiger partial charge in [-0.25, -0.2) is 13.2 Å². The van der Waals surface area contributed by atoms with Gasteiger partial charge in [0.1, 0.15) is 5.75 Å². The predicted octanol–water partition coefficient (Wildman–Crippen LogP) is 3.20. The summed E-state index contributed by atoms with van der Waals surface area (Å²) in [5.74, 6) is -0.406. The molecule has 9 heteroatoms. The largest absolute Gasteiger partial charge is 0.482 e. The molecule has 0 bridgehead atoms. The molecule has 1 fully saturated rings. The lowest BCUT2D eigenvalue weighted by atomic mass is 9.97. The first-order chi connectivity index (χ1) is 15.6. The lowest BCUT2D eigenvalue weighted by Crippen LogP contribution is -2.41. The van der Waals surface area contributed by atoms with Crippen molar-refractivity contribution in [1.82, 2.24) is 4.31 Å². The molecule has 1 heterocycles. The lowest BCUT2D eigenvalue weighted by Gasteiger charge is -2.31. The summed E-state index contributed by atoms with van der Waals surface area (Å²) >= 11 is 0. The zero-order valence-electron chi connectivity index (χ0n) is 19.4. The van der Waals surface area contributed by atoms with Gasteiger partial charge in [0.2, 0.25) is 15.9 Å². The molecule has 1 amide bonds. The third-order valence-corrected chi connectivity index (χ3v) is 7.94. The molecule has 178 valence electrons. The van der Waals surface area contributed by atoms with Crippen molar-refractivity contribution in [3.63, 3.8) is 0 Å². The van der Waals surface area contributed by atoms with E-state index in [0.717, 1.165) is 16.7 Å². The normalized spacial score (nSPS) is 15.2. The number of benzene rings is 2. The lowest BCUT2D eigenvalue weighted by molar-refractivity contribution is -0.142. The second-order valence-corrected chi connectivity index (χ2v) is 10.2. The van der Waals surface area contributed by atoms with Crippen molar-refractivity contribution < 1.29 is 27.5 Å². The number of nitrogens with zero attached hydrogens (tertiary/aromatic N) is 1. The van der Waals surface area contributed by atoms with Crippen molar-refractivity contribution in [2.45, 2.75) is 38.5 Å². The van der Waals surface area contributed by atoms with Crippen LogP contribution < -0.4 is 10.1 Å². The number of piperidine rings is 1. The number of ether oxygens (including phenoxy) is 2. The first-order valence-electron chi connectivity index (χ1n) is 10.8. The minimum atomic E-state index is -3.61. The summed E-state index contributed by atoms with van der Waals surface area (Å²) in [4.78, 5) is 24.2. The third-order valence-electron chi connectivity index (χ3n) is 5.73. The number of hydrogen-bond donors (Lipinski definition) is 1. The van der Waals surface area contributed by atoms with Crippen LogP contribution in [-0.4, -0.2) is 51.4 Å². The van der Waals surface area contributed by atoms with Crippen LogP contribution in [0.4, 0.5) is 5.69 Å². The first-order valence-corrected chi connectivity index (χ1v) is 12.2. The Morgan fingerprint density at radius 3 is 2.15 bits per heavy atom. The zero-order chi connectivity index (χ0) is 24.2. The molecule has 1 N–H and O–H groups in total. The molecule has 8 nitrogen and oxygen atoms in total. The number of amides is 1. The van der Waals surface area contributed by atoms with E-state index in [1.165, 1.54) is 11.4 Å². The Hall–Kier alpha value is -2.91. The van der Waals surface area contributed by atoms with Gasteiger partial charge in [-0.15, -0.1) is 0 Å². The maximum Gasteiger partial charge on any atom is 0.343 e. The first kappa shape index (κ1) is 24.7. The molecule has 0 aliphatic carbocycles. The second-order valence-electron chi connectivity index (χ2n) is 8.28. The highest BCUT2D eigenvalue weighted by molar-refractivity contribution is 7.89. The van der Waals surface area contributed by atoms with Crippen LogP contribution in [0.5, 0.6) is 5.75 Å². The molecule has 1 aliphatic heterocycles. The van der Waals surface area contributed by atoms with Crippen molar-refractivity contribution in [2.24, 2.45) is 5.92 Å².